The zero-order chi connectivity index (χ0) is 13.1. The van der Waals surface area contributed by atoms with Gasteiger partial charge in [-0.05, 0) is 17.2 Å². The first-order chi connectivity index (χ1) is 9.38. The summed E-state index contributed by atoms with van der Waals surface area (Å²) >= 11 is 0. The van der Waals surface area contributed by atoms with Crippen LogP contribution in [0.2, 0.25) is 0 Å². The first kappa shape index (κ1) is 12.0. The quantitative estimate of drug-likeness (QED) is 0.755. The molecule has 96 valence electrons. The molecular weight excluding hydrogens is 236 g/mol. The molecule has 3 rings (SSSR count). The lowest BCUT2D eigenvalue weighted by molar-refractivity contribution is 0.264. The standard InChI is InChI=1S/C17H16O2/c1-2-13-9-6-10-16(19-12-15-11-18-15)17(13)14-7-4-3-5-8-14/h2-10,15H,1,11-12H2/t15-/m0/s1. The van der Waals surface area contributed by atoms with Crippen LogP contribution in [0.1, 0.15) is 5.56 Å². The van der Waals surface area contributed by atoms with E-state index < -0.39 is 0 Å². The highest BCUT2D eigenvalue weighted by Gasteiger charge is 2.23. The third kappa shape index (κ3) is 2.69. The molecule has 1 saturated heterocycles. The second-order valence-corrected chi connectivity index (χ2v) is 4.56. The summed E-state index contributed by atoms with van der Waals surface area (Å²) in [5.41, 5.74) is 3.32. The normalized spacial score (nSPS) is 16.9. The highest BCUT2D eigenvalue weighted by atomic mass is 16.6. The van der Waals surface area contributed by atoms with Crippen LogP contribution in [-0.4, -0.2) is 19.3 Å². The molecule has 0 amide bonds. The Labute approximate surface area is 113 Å². The van der Waals surface area contributed by atoms with Gasteiger partial charge in [0.05, 0.1) is 6.61 Å². The number of ether oxygens (including phenoxy) is 2. The van der Waals surface area contributed by atoms with E-state index in [-0.39, 0.29) is 6.10 Å². The maximum Gasteiger partial charge on any atom is 0.127 e. The van der Waals surface area contributed by atoms with Crippen LogP contribution in [0.3, 0.4) is 0 Å². The van der Waals surface area contributed by atoms with Crippen LogP contribution in [0.15, 0.2) is 55.1 Å². The molecule has 2 aromatic carbocycles. The molecule has 0 aliphatic carbocycles. The Bertz CT molecular complexity index is 571. The molecule has 1 heterocycles. The average molecular weight is 252 g/mol. The summed E-state index contributed by atoms with van der Waals surface area (Å²) < 4.78 is 11.1. The van der Waals surface area contributed by atoms with E-state index in [4.69, 9.17) is 9.47 Å². The van der Waals surface area contributed by atoms with Crippen molar-refractivity contribution in [3.05, 3.63) is 60.7 Å². The number of rotatable bonds is 5. The molecule has 0 spiro atoms. The van der Waals surface area contributed by atoms with Crippen molar-refractivity contribution >= 4 is 6.08 Å². The number of epoxide rings is 1. The van der Waals surface area contributed by atoms with Gasteiger partial charge in [-0.25, -0.2) is 0 Å². The largest absolute Gasteiger partial charge is 0.490 e. The van der Waals surface area contributed by atoms with Gasteiger partial charge in [-0.15, -0.1) is 0 Å². The minimum Gasteiger partial charge on any atom is -0.490 e. The average Bonchev–Trinajstić information content (AvgIpc) is 3.29. The van der Waals surface area contributed by atoms with Gasteiger partial charge in [-0.2, -0.15) is 0 Å². The smallest absolute Gasteiger partial charge is 0.127 e. The van der Waals surface area contributed by atoms with Crippen LogP contribution >= 0.6 is 0 Å². The van der Waals surface area contributed by atoms with Crippen molar-refractivity contribution < 1.29 is 9.47 Å². The van der Waals surface area contributed by atoms with E-state index in [0.717, 1.165) is 29.0 Å². The van der Waals surface area contributed by atoms with E-state index in [1.54, 1.807) is 0 Å². The Morgan fingerprint density at radius 3 is 2.63 bits per heavy atom. The van der Waals surface area contributed by atoms with Crippen LogP contribution in [0.5, 0.6) is 5.75 Å². The summed E-state index contributed by atoms with van der Waals surface area (Å²) in [5.74, 6) is 0.888. The molecule has 1 atom stereocenters. The molecule has 0 radical (unpaired) electrons. The summed E-state index contributed by atoms with van der Waals surface area (Å²) in [5, 5.41) is 0. The van der Waals surface area contributed by atoms with E-state index in [1.165, 1.54) is 0 Å². The van der Waals surface area contributed by atoms with Crippen LogP contribution in [-0.2, 0) is 4.74 Å². The fraction of sp³-hybridized carbons (Fsp3) is 0.176. The number of hydrogen-bond acceptors (Lipinski definition) is 2. The van der Waals surface area contributed by atoms with Gasteiger partial charge in [0, 0.05) is 5.56 Å². The summed E-state index contributed by atoms with van der Waals surface area (Å²) in [6, 6.07) is 16.3. The van der Waals surface area contributed by atoms with Crippen LogP contribution in [0.25, 0.3) is 17.2 Å². The third-order valence-electron chi connectivity index (χ3n) is 3.17. The highest BCUT2D eigenvalue weighted by Crippen LogP contribution is 2.34. The fourth-order valence-corrected chi connectivity index (χ4v) is 2.10. The molecule has 1 aliphatic heterocycles. The van der Waals surface area contributed by atoms with Gasteiger partial charge in [0.25, 0.3) is 0 Å². The Balaban J connectivity index is 2.00. The van der Waals surface area contributed by atoms with Gasteiger partial charge < -0.3 is 9.47 Å². The Morgan fingerprint density at radius 2 is 1.95 bits per heavy atom. The molecule has 0 aromatic heterocycles. The van der Waals surface area contributed by atoms with Gasteiger partial charge >= 0.3 is 0 Å². The first-order valence-corrected chi connectivity index (χ1v) is 6.44. The second-order valence-electron chi connectivity index (χ2n) is 4.56. The number of benzene rings is 2. The second kappa shape index (κ2) is 5.29. The van der Waals surface area contributed by atoms with E-state index in [1.807, 2.05) is 36.4 Å². The molecule has 0 N–H and O–H groups in total. The number of hydrogen-bond donors (Lipinski definition) is 0. The predicted molar refractivity (Wildman–Crippen MR) is 77.2 cm³/mol. The molecule has 0 unspecified atom stereocenters. The van der Waals surface area contributed by atoms with Gasteiger partial charge in [0.2, 0.25) is 0 Å². The van der Waals surface area contributed by atoms with Gasteiger partial charge in [0.1, 0.15) is 18.5 Å². The summed E-state index contributed by atoms with van der Waals surface area (Å²) in [6.45, 7) is 5.30. The third-order valence-corrected chi connectivity index (χ3v) is 3.17. The van der Waals surface area contributed by atoms with Gasteiger partial charge in [-0.1, -0.05) is 55.1 Å². The highest BCUT2D eigenvalue weighted by molar-refractivity contribution is 5.80. The minimum atomic E-state index is 0.260. The topological polar surface area (TPSA) is 21.8 Å². The summed E-state index contributed by atoms with van der Waals surface area (Å²) in [7, 11) is 0. The molecule has 0 saturated carbocycles. The molecule has 2 aromatic rings. The molecule has 1 fully saturated rings. The monoisotopic (exact) mass is 252 g/mol. The van der Waals surface area contributed by atoms with Crippen LogP contribution in [0, 0.1) is 0 Å². The van der Waals surface area contributed by atoms with Crippen LogP contribution in [0.4, 0.5) is 0 Å². The Kier molecular flexibility index (Phi) is 3.34. The fourth-order valence-electron chi connectivity index (χ4n) is 2.10. The van der Waals surface area contributed by atoms with Crippen molar-refractivity contribution in [1.82, 2.24) is 0 Å². The van der Waals surface area contributed by atoms with Gasteiger partial charge in [-0.3, -0.25) is 0 Å². The van der Waals surface area contributed by atoms with E-state index >= 15 is 0 Å². The predicted octanol–water partition coefficient (Wildman–Crippen LogP) is 3.77. The maximum absolute atomic E-state index is 5.89. The first-order valence-electron chi connectivity index (χ1n) is 6.44. The minimum absolute atomic E-state index is 0.260. The summed E-state index contributed by atoms with van der Waals surface area (Å²) in [4.78, 5) is 0. The van der Waals surface area contributed by atoms with Crippen molar-refractivity contribution in [3.63, 3.8) is 0 Å². The Morgan fingerprint density at radius 1 is 1.16 bits per heavy atom. The van der Waals surface area contributed by atoms with Gasteiger partial charge in [0.15, 0.2) is 0 Å². The SMILES string of the molecule is C=Cc1cccc(OC[C@@H]2CO2)c1-c1ccccc1. The maximum atomic E-state index is 5.89. The zero-order valence-electron chi connectivity index (χ0n) is 10.7. The van der Waals surface area contributed by atoms with Crippen LogP contribution < -0.4 is 4.74 Å². The van der Waals surface area contributed by atoms with E-state index in [2.05, 4.69) is 24.8 Å². The molecule has 2 heteroatoms. The van der Waals surface area contributed by atoms with Crippen molar-refractivity contribution in [2.24, 2.45) is 0 Å². The summed E-state index contributed by atoms with van der Waals surface area (Å²) in [6.07, 6.45) is 2.12. The van der Waals surface area contributed by atoms with Crippen molar-refractivity contribution in [3.8, 4) is 16.9 Å². The molecule has 2 nitrogen and oxygen atoms in total. The molecule has 1 aliphatic rings. The Hall–Kier alpha value is -2.06. The van der Waals surface area contributed by atoms with E-state index in [9.17, 15) is 0 Å². The lowest BCUT2D eigenvalue weighted by atomic mass is 9.98. The molecule has 19 heavy (non-hydrogen) atoms. The van der Waals surface area contributed by atoms with Crippen molar-refractivity contribution in [2.45, 2.75) is 6.10 Å². The van der Waals surface area contributed by atoms with Crippen molar-refractivity contribution in [2.75, 3.05) is 13.2 Å². The van der Waals surface area contributed by atoms with Crippen molar-refractivity contribution in [1.29, 1.82) is 0 Å². The zero-order valence-corrected chi connectivity index (χ0v) is 10.7. The van der Waals surface area contributed by atoms with E-state index in [0.29, 0.717) is 6.61 Å². The molecule has 0 bridgehead atoms. The lowest BCUT2D eigenvalue weighted by Crippen LogP contribution is -2.05. The lowest BCUT2D eigenvalue weighted by Gasteiger charge is -2.13. The molecular formula is C17H16O2.